The van der Waals surface area contributed by atoms with Crippen LogP contribution in [-0.2, 0) is 4.79 Å². The van der Waals surface area contributed by atoms with Crippen molar-refractivity contribution in [2.75, 3.05) is 0 Å². The van der Waals surface area contributed by atoms with Gasteiger partial charge in [0.2, 0.25) is 0 Å². The Balaban J connectivity index is 2.03. The van der Waals surface area contributed by atoms with Gasteiger partial charge >= 0.3 is 5.76 Å². The van der Waals surface area contributed by atoms with Gasteiger partial charge in [0.25, 0.3) is 0 Å². The highest BCUT2D eigenvalue weighted by atomic mass is 16.4. The fourth-order valence-electron chi connectivity index (χ4n) is 2.21. The number of carbonyl (C=O) groups is 1. The highest BCUT2D eigenvalue weighted by Crippen LogP contribution is 2.27. The second-order valence-corrected chi connectivity index (χ2v) is 4.28. The molecule has 0 amide bonds. The molecule has 1 aliphatic rings. The third-order valence-electron chi connectivity index (χ3n) is 3.17. The van der Waals surface area contributed by atoms with E-state index in [1.54, 1.807) is 12.1 Å². The zero-order valence-corrected chi connectivity index (χ0v) is 9.34. The van der Waals surface area contributed by atoms with E-state index in [-0.39, 0.29) is 12.0 Å². The summed E-state index contributed by atoms with van der Waals surface area (Å²) < 4.78 is 4.98. The van der Waals surface area contributed by atoms with Crippen LogP contribution in [0.25, 0.3) is 11.1 Å². The molecule has 5 N–H and O–H groups in total. The lowest BCUT2D eigenvalue weighted by atomic mass is 9.94. The minimum atomic E-state index is -0.497. The molecule has 3 rings (SSSR count). The Morgan fingerprint density at radius 2 is 2.17 bits per heavy atom. The summed E-state index contributed by atoms with van der Waals surface area (Å²) in [6.45, 7) is 0. The highest BCUT2D eigenvalue weighted by Gasteiger charge is 2.34. The van der Waals surface area contributed by atoms with Crippen molar-refractivity contribution in [2.45, 2.75) is 12.2 Å². The van der Waals surface area contributed by atoms with Crippen LogP contribution in [0.1, 0.15) is 11.6 Å². The van der Waals surface area contributed by atoms with E-state index in [1.165, 1.54) is 0 Å². The van der Waals surface area contributed by atoms with E-state index >= 15 is 0 Å². The minimum absolute atomic E-state index is 0.234. The van der Waals surface area contributed by atoms with Gasteiger partial charge in [-0.15, -0.1) is 0 Å². The number of aromatic nitrogens is 1. The maximum atomic E-state index is 11.1. The quantitative estimate of drug-likeness (QED) is 0.526. The number of nitrogens with one attached hydrogen (secondary N) is 3. The van der Waals surface area contributed by atoms with E-state index in [4.69, 9.17) is 10.2 Å². The Bertz CT molecular complexity index is 647. The van der Waals surface area contributed by atoms with Gasteiger partial charge in [-0.2, -0.15) is 0 Å². The maximum absolute atomic E-state index is 11.1. The first kappa shape index (κ1) is 11.1. The molecule has 0 radical (unpaired) electrons. The predicted octanol–water partition coefficient (Wildman–Crippen LogP) is -0.630. The van der Waals surface area contributed by atoms with Gasteiger partial charge in [0.05, 0.1) is 23.6 Å². The second kappa shape index (κ2) is 4.05. The molecule has 2 aromatic rings. The number of benzene rings is 1. The van der Waals surface area contributed by atoms with Gasteiger partial charge in [-0.25, -0.2) is 15.6 Å². The number of hydrazine groups is 1. The van der Waals surface area contributed by atoms with Crippen molar-refractivity contribution < 1.29 is 9.21 Å². The molecule has 0 aliphatic carbocycles. The van der Waals surface area contributed by atoms with Gasteiger partial charge in [0, 0.05) is 0 Å². The number of aldehydes is 1. The number of oxazole rings is 1. The lowest BCUT2D eigenvalue weighted by Crippen LogP contribution is -2.39. The number of fused-ring (bicyclic) bond motifs is 1. The molecular weight excluding hydrogens is 236 g/mol. The molecule has 7 heteroatoms. The molecule has 1 saturated heterocycles. The average molecular weight is 248 g/mol. The van der Waals surface area contributed by atoms with E-state index in [9.17, 15) is 9.59 Å². The Labute approximate surface area is 101 Å². The predicted molar refractivity (Wildman–Crippen MR) is 63.4 cm³/mol. The lowest BCUT2D eigenvalue weighted by molar-refractivity contribution is -0.111. The van der Waals surface area contributed by atoms with Crippen molar-refractivity contribution >= 4 is 17.4 Å². The van der Waals surface area contributed by atoms with E-state index in [0.717, 1.165) is 11.8 Å². The van der Waals surface area contributed by atoms with Gasteiger partial charge in [-0.1, -0.05) is 6.07 Å². The van der Waals surface area contributed by atoms with Crippen LogP contribution in [0.15, 0.2) is 27.4 Å². The molecule has 0 spiro atoms. The summed E-state index contributed by atoms with van der Waals surface area (Å²) in [7, 11) is 0. The van der Waals surface area contributed by atoms with Crippen LogP contribution >= 0.6 is 0 Å². The zero-order chi connectivity index (χ0) is 12.7. The summed E-state index contributed by atoms with van der Waals surface area (Å²) >= 11 is 0. The van der Waals surface area contributed by atoms with E-state index in [0.29, 0.717) is 11.1 Å². The highest BCUT2D eigenvalue weighted by molar-refractivity contribution is 5.73. The maximum Gasteiger partial charge on any atom is 0.417 e. The van der Waals surface area contributed by atoms with Gasteiger partial charge in [0.15, 0.2) is 5.58 Å². The summed E-state index contributed by atoms with van der Waals surface area (Å²) in [5.41, 5.74) is 13.5. The van der Waals surface area contributed by atoms with Gasteiger partial charge in [-0.05, 0) is 17.7 Å². The Morgan fingerprint density at radius 1 is 1.33 bits per heavy atom. The van der Waals surface area contributed by atoms with E-state index in [1.807, 2.05) is 6.07 Å². The zero-order valence-electron chi connectivity index (χ0n) is 9.34. The molecule has 1 aromatic heterocycles. The van der Waals surface area contributed by atoms with E-state index < -0.39 is 11.9 Å². The third-order valence-corrected chi connectivity index (χ3v) is 3.17. The smallest absolute Gasteiger partial charge is 0.408 e. The Hall–Kier alpha value is -1.96. The Kier molecular flexibility index (Phi) is 2.51. The standard InChI is InChI=1S/C11H12N4O3/c12-10-6(4-16)9(14-15-10)5-1-2-7-8(3-5)18-11(17)13-7/h1-4,6,9-10,14-15H,12H2,(H,13,17). The summed E-state index contributed by atoms with van der Waals surface area (Å²) in [5, 5.41) is 0. The van der Waals surface area contributed by atoms with Crippen LogP contribution in [0.2, 0.25) is 0 Å². The molecule has 1 aliphatic heterocycles. The van der Waals surface area contributed by atoms with Crippen molar-refractivity contribution in [1.29, 1.82) is 0 Å². The SMILES string of the molecule is NC1NNC(c2ccc3[nH]c(=O)oc3c2)C1C=O. The molecule has 1 fully saturated rings. The number of hydrogen-bond donors (Lipinski definition) is 4. The van der Waals surface area contributed by atoms with Gasteiger partial charge in [-0.3, -0.25) is 4.98 Å². The lowest BCUT2D eigenvalue weighted by Gasteiger charge is -2.14. The molecule has 3 atom stereocenters. The largest absolute Gasteiger partial charge is 0.417 e. The first-order valence-electron chi connectivity index (χ1n) is 5.54. The number of hydrogen-bond acceptors (Lipinski definition) is 6. The van der Waals surface area contributed by atoms with Crippen LogP contribution in [-0.4, -0.2) is 17.4 Å². The van der Waals surface area contributed by atoms with Crippen molar-refractivity contribution in [3.63, 3.8) is 0 Å². The number of rotatable bonds is 2. The number of H-pyrrole nitrogens is 1. The second-order valence-electron chi connectivity index (χ2n) is 4.28. The molecule has 0 bridgehead atoms. The van der Waals surface area contributed by atoms with Crippen LogP contribution < -0.4 is 22.3 Å². The molecule has 2 heterocycles. The van der Waals surface area contributed by atoms with E-state index in [2.05, 4.69) is 15.8 Å². The summed E-state index contributed by atoms with van der Waals surface area (Å²) in [6.07, 6.45) is 0.390. The summed E-state index contributed by atoms with van der Waals surface area (Å²) in [6, 6.07) is 5.05. The molecule has 7 nitrogen and oxygen atoms in total. The summed E-state index contributed by atoms with van der Waals surface area (Å²) in [5.74, 6) is -0.864. The van der Waals surface area contributed by atoms with Crippen LogP contribution in [0.5, 0.6) is 0 Å². The molecular formula is C11H12N4O3. The average Bonchev–Trinajstić information content (AvgIpc) is 2.89. The minimum Gasteiger partial charge on any atom is -0.408 e. The van der Waals surface area contributed by atoms with Crippen LogP contribution in [0.4, 0.5) is 0 Å². The van der Waals surface area contributed by atoms with Crippen molar-refractivity contribution in [3.05, 3.63) is 34.3 Å². The Morgan fingerprint density at radius 3 is 2.94 bits per heavy atom. The fraction of sp³-hybridized carbons (Fsp3) is 0.273. The van der Waals surface area contributed by atoms with Crippen molar-refractivity contribution in [1.82, 2.24) is 15.8 Å². The van der Waals surface area contributed by atoms with Crippen molar-refractivity contribution in [2.24, 2.45) is 11.7 Å². The van der Waals surface area contributed by atoms with Crippen LogP contribution in [0.3, 0.4) is 0 Å². The monoisotopic (exact) mass is 248 g/mol. The van der Waals surface area contributed by atoms with Gasteiger partial charge in [0.1, 0.15) is 6.29 Å². The number of aromatic amines is 1. The summed E-state index contributed by atoms with van der Waals surface area (Å²) in [4.78, 5) is 24.7. The normalized spacial score (nSPS) is 27.7. The molecule has 0 saturated carbocycles. The molecule has 94 valence electrons. The first-order chi connectivity index (χ1) is 8.69. The fourth-order valence-corrected chi connectivity index (χ4v) is 2.21. The number of nitrogens with two attached hydrogens (primary N) is 1. The first-order valence-corrected chi connectivity index (χ1v) is 5.54. The molecule has 18 heavy (non-hydrogen) atoms. The molecule has 3 unspecified atom stereocenters. The molecule has 1 aromatic carbocycles. The van der Waals surface area contributed by atoms with Crippen LogP contribution in [0, 0.1) is 5.92 Å². The topological polar surface area (TPSA) is 113 Å². The van der Waals surface area contributed by atoms with Gasteiger partial charge < -0.3 is 14.9 Å². The third kappa shape index (κ3) is 1.65. The number of carbonyl (C=O) groups excluding carboxylic acids is 1. The van der Waals surface area contributed by atoms with Crippen molar-refractivity contribution in [3.8, 4) is 0 Å².